The van der Waals surface area contributed by atoms with Gasteiger partial charge in [0.1, 0.15) is 0 Å². The lowest BCUT2D eigenvalue weighted by molar-refractivity contribution is 0.107. The van der Waals surface area contributed by atoms with Crippen molar-refractivity contribution in [1.82, 2.24) is 4.90 Å². The van der Waals surface area contributed by atoms with E-state index in [-0.39, 0.29) is 0 Å². The molecule has 3 atom stereocenters. The van der Waals surface area contributed by atoms with E-state index in [1.54, 1.807) is 7.11 Å². The van der Waals surface area contributed by atoms with Crippen LogP contribution in [0.15, 0.2) is 0 Å². The number of methoxy groups -OCH3 is 1. The van der Waals surface area contributed by atoms with E-state index in [1.165, 1.54) is 19.5 Å². The lowest BCUT2D eigenvalue weighted by Gasteiger charge is -2.38. The monoisotopic (exact) mass is 263 g/mol. The SMILES string of the molecule is COCCC(C)N1CCC(Br)C(C)C1. The molecule has 14 heavy (non-hydrogen) atoms. The summed E-state index contributed by atoms with van der Waals surface area (Å²) >= 11 is 3.73. The Balaban J connectivity index is 2.30. The Morgan fingerprint density at radius 3 is 2.86 bits per heavy atom. The third-order valence-corrected chi connectivity index (χ3v) is 4.56. The zero-order valence-electron chi connectivity index (χ0n) is 9.50. The Morgan fingerprint density at radius 1 is 1.57 bits per heavy atom. The highest BCUT2D eigenvalue weighted by molar-refractivity contribution is 9.09. The summed E-state index contributed by atoms with van der Waals surface area (Å²) in [7, 11) is 1.78. The van der Waals surface area contributed by atoms with Crippen molar-refractivity contribution >= 4 is 15.9 Å². The topological polar surface area (TPSA) is 12.5 Å². The molecule has 0 aromatic carbocycles. The van der Waals surface area contributed by atoms with E-state index >= 15 is 0 Å². The first-order valence-electron chi connectivity index (χ1n) is 5.52. The maximum Gasteiger partial charge on any atom is 0.0477 e. The number of nitrogens with zero attached hydrogens (tertiary/aromatic N) is 1. The van der Waals surface area contributed by atoms with E-state index in [9.17, 15) is 0 Å². The van der Waals surface area contributed by atoms with E-state index in [2.05, 4.69) is 34.7 Å². The molecule has 1 rings (SSSR count). The molecule has 0 amide bonds. The summed E-state index contributed by atoms with van der Waals surface area (Å²) in [6, 6.07) is 0.664. The molecule has 0 bridgehead atoms. The molecule has 1 fully saturated rings. The molecule has 2 nitrogen and oxygen atoms in total. The van der Waals surface area contributed by atoms with E-state index in [1.807, 2.05) is 0 Å². The highest BCUT2D eigenvalue weighted by Gasteiger charge is 2.26. The van der Waals surface area contributed by atoms with Gasteiger partial charge in [-0.2, -0.15) is 0 Å². The van der Waals surface area contributed by atoms with Crippen LogP contribution in [0.3, 0.4) is 0 Å². The standard InChI is InChI=1S/C11H22BrNO/c1-9-8-13(6-4-11(9)12)10(2)5-7-14-3/h9-11H,4-8H2,1-3H3. The molecule has 1 saturated heterocycles. The zero-order valence-corrected chi connectivity index (χ0v) is 11.1. The van der Waals surface area contributed by atoms with Crippen molar-refractivity contribution < 1.29 is 4.74 Å². The summed E-state index contributed by atoms with van der Waals surface area (Å²) in [4.78, 5) is 3.30. The van der Waals surface area contributed by atoms with Crippen LogP contribution in [0.25, 0.3) is 0 Å². The maximum absolute atomic E-state index is 5.12. The number of alkyl halides is 1. The second-order valence-corrected chi connectivity index (χ2v) is 5.58. The molecular weight excluding hydrogens is 242 g/mol. The third-order valence-electron chi connectivity index (χ3n) is 3.20. The Morgan fingerprint density at radius 2 is 2.29 bits per heavy atom. The van der Waals surface area contributed by atoms with Crippen molar-refractivity contribution in [3.8, 4) is 0 Å². The van der Waals surface area contributed by atoms with Gasteiger partial charge in [0.15, 0.2) is 0 Å². The van der Waals surface area contributed by atoms with Crippen LogP contribution in [0.4, 0.5) is 0 Å². The van der Waals surface area contributed by atoms with Gasteiger partial charge >= 0.3 is 0 Å². The molecular formula is C11H22BrNO. The zero-order chi connectivity index (χ0) is 10.6. The Hall–Kier alpha value is 0.400. The van der Waals surface area contributed by atoms with Crippen molar-refractivity contribution in [1.29, 1.82) is 0 Å². The summed E-state index contributed by atoms with van der Waals surface area (Å²) in [5.74, 6) is 0.772. The summed E-state index contributed by atoms with van der Waals surface area (Å²) < 4.78 is 5.12. The highest BCUT2D eigenvalue weighted by Crippen LogP contribution is 2.25. The number of hydrogen-bond acceptors (Lipinski definition) is 2. The van der Waals surface area contributed by atoms with Crippen LogP contribution in [0.5, 0.6) is 0 Å². The number of halogens is 1. The van der Waals surface area contributed by atoms with Gasteiger partial charge in [-0.1, -0.05) is 22.9 Å². The lowest BCUT2D eigenvalue weighted by atomic mass is 9.98. The fraction of sp³-hybridized carbons (Fsp3) is 1.00. The number of piperidine rings is 1. The van der Waals surface area contributed by atoms with Crippen molar-refractivity contribution in [2.45, 2.75) is 37.6 Å². The average molecular weight is 264 g/mol. The highest BCUT2D eigenvalue weighted by atomic mass is 79.9. The predicted octanol–water partition coefficient (Wildman–Crippen LogP) is 2.52. The van der Waals surface area contributed by atoms with Gasteiger partial charge in [-0.15, -0.1) is 0 Å². The van der Waals surface area contributed by atoms with Gasteiger partial charge in [0.25, 0.3) is 0 Å². The molecule has 0 aliphatic carbocycles. The summed E-state index contributed by atoms with van der Waals surface area (Å²) in [5.41, 5.74) is 0. The van der Waals surface area contributed by atoms with E-state index < -0.39 is 0 Å². The van der Waals surface area contributed by atoms with Gasteiger partial charge in [0, 0.05) is 31.1 Å². The number of likely N-dealkylation sites (tertiary alicyclic amines) is 1. The second-order valence-electron chi connectivity index (χ2n) is 4.41. The minimum atomic E-state index is 0.664. The molecule has 0 spiro atoms. The molecule has 3 unspecified atom stereocenters. The van der Waals surface area contributed by atoms with Gasteiger partial charge in [-0.25, -0.2) is 0 Å². The minimum absolute atomic E-state index is 0.664. The first-order chi connectivity index (χ1) is 6.65. The maximum atomic E-state index is 5.12. The molecule has 0 aromatic heterocycles. The smallest absolute Gasteiger partial charge is 0.0477 e. The van der Waals surface area contributed by atoms with Gasteiger partial charge in [-0.05, 0) is 32.2 Å². The first kappa shape index (κ1) is 12.5. The van der Waals surface area contributed by atoms with Crippen molar-refractivity contribution in [2.24, 2.45) is 5.92 Å². The minimum Gasteiger partial charge on any atom is -0.385 e. The van der Waals surface area contributed by atoms with Gasteiger partial charge in [-0.3, -0.25) is 0 Å². The summed E-state index contributed by atoms with van der Waals surface area (Å²) in [6.07, 6.45) is 2.43. The van der Waals surface area contributed by atoms with Gasteiger partial charge in [0.2, 0.25) is 0 Å². The van der Waals surface area contributed by atoms with Crippen molar-refractivity contribution in [3.63, 3.8) is 0 Å². The molecule has 0 N–H and O–H groups in total. The van der Waals surface area contributed by atoms with Crippen LogP contribution in [-0.4, -0.2) is 42.6 Å². The molecule has 1 heterocycles. The normalized spacial score (nSPS) is 31.7. The molecule has 0 saturated carbocycles. The average Bonchev–Trinajstić information content (AvgIpc) is 2.18. The van der Waals surface area contributed by atoms with Crippen LogP contribution < -0.4 is 0 Å². The van der Waals surface area contributed by atoms with Gasteiger partial charge in [0.05, 0.1) is 0 Å². The number of rotatable bonds is 4. The molecule has 1 aliphatic heterocycles. The number of ether oxygens (including phenoxy) is 1. The Bertz CT molecular complexity index is 165. The van der Waals surface area contributed by atoms with Crippen molar-refractivity contribution in [3.05, 3.63) is 0 Å². The van der Waals surface area contributed by atoms with Crippen LogP contribution in [-0.2, 0) is 4.74 Å². The summed E-state index contributed by atoms with van der Waals surface area (Å²) in [6.45, 7) is 7.96. The molecule has 3 heteroatoms. The Labute approximate surface area is 96.1 Å². The molecule has 0 radical (unpaired) electrons. The first-order valence-corrected chi connectivity index (χ1v) is 6.43. The largest absolute Gasteiger partial charge is 0.385 e. The fourth-order valence-electron chi connectivity index (χ4n) is 2.02. The molecule has 84 valence electrons. The predicted molar refractivity (Wildman–Crippen MR) is 64.0 cm³/mol. The quantitative estimate of drug-likeness (QED) is 0.723. The molecule has 1 aliphatic rings. The van der Waals surface area contributed by atoms with Crippen molar-refractivity contribution in [2.75, 3.05) is 26.8 Å². The third kappa shape index (κ3) is 3.52. The summed E-state index contributed by atoms with van der Waals surface area (Å²) in [5, 5.41) is 0. The van der Waals surface area contributed by atoms with Crippen LogP contribution in [0.1, 0.15) is 26.7 Å². The van der Waals surface area contributed by atoms with Crippen LogP contribution in [0.2, 0.25) is 0 Å². The fourth-order valence-corrected chi connectivity index (χ4v) is 2.39. The van der Waals surface area contributed by atoms with Gasteiger partial charge < -0.3 is 9.64 Å². The Kier molecular flexibility index (Phi) is 5.42. The van der Waals surface area contributed by atoms with E-state index in [4.69, 9.17) is 4.74 Å². The lowest BCUT2D eigenvalue weighted by Crippen LogP contribution is -2.44. The second kappa shape index (κ2) is 6.09. The van der Waals surface area contributed by atoms with E-state index in [0.29, 0.717) is 10.9 Å². The molecule has 0 aromatic rings. The van der Waals surface area contributed by atoms with Crippen LogP contribution in [0, 0.1) is 5.92 Å². The number of hydrogen-bond donors (Lipinski definition) is 0. The van der Waals surface area contributed by atoms with E-state index in [0.717, 1.165) is 18.9 Å². The van der Waals surface area contributed by atoms with Crippen LogP contribution >= 0.6 is 15.9 Å².